The number of fused-ring (bicyclic) bond motifs is 5. The first kappa shape index (κ1) is 26.3. The lowest BCUT2D eigenvalue weighted by Crippen LogP contribution is -2.35. The molecule has 0 N–H and O–H groups in total. The van der Waals surface area contributed by atoms with Crippen molar-refractivity contribution in [2.24, 2.45) is 5.92 Å². The third-order valence-electron chi connectivity index (χ3n) is 8.41. The van der Waals surface area contributed by atoms with Gasteiger partial charge in [-0.1, -0.05) is 61.5 Å². The highest BCUT2D eigenvalue weighted by molar-refractivity contribution is 7.23. The van der Waals surface area contributed by atoms with Crippen LogP contribution in [0.4, 0.5) is 0 Å². The molecule has 0 spiro atoms. The Bertz CT molecular complexity index is 1710. The normalized spacial score (nSPS) is 19.1. The van der Waals surface area contributed by atoms with Gasteiger partial charge in [-0.25, -0.2) is 9.97 Å². The van der Waals surface area contributed by atoms with E-state index in [4.69, 9.17) is 19.2 Å². The summed E-state index contributed by atoms with van der Waals surface area (Å²) in [7, 11) is 0. The summed E-state index contributed by atoms with van der Waals surface area (Å²) in [5.74, 6) is 2.48. The molecule has 4 aromatic heterocycles. The van der Waals surface area contributed by atoms with E-state index < -0.39 is 0 Å². The Labute approximate surface area is 243 Å². The van der Waals surface area contributed by atoms with E-state index in [0.29, 0.717) is 24.6 Å². The molecule has 1 aliphatic carbocycles. The topological polar surface area (TPSA) is 85.8 Å². The number of pyridine rings is 1. The Balaban J connectivity index is 0.978. The largest absolute Gasteiger partial charge is 0.476 e. The lowest BCUT2D eigenvalue weighted by Gasteiger charge is -2.26. The molecule has 212 valence electrons. The number of carbonyl (C=O) groups is 1. The van der Waals surface area contributed by atoms with E-state index in [2.05, 4.69) is 47.5 Å². The number of Topliss-reactive ketones (excluding diaryl/α,β-unsaturated/α-hetero) is 1. The molecule has 7 rings (SSSR count). The minimum atomic E-state index is -0.127. The second-order valence-electron chi connectivity index (χ2n) is 12.6. The van der Waals surface area contributed by atoms with Crippen molar-refractivity contribution >= 4 is 32.4 Å². The lowest BCUT2D eigenvalue weighted by atomic mass is 9.93. The van der Waals surface area contributed by atoms with Crippen LogP contribution in [0.15, 0.2) is 53.2 Å². The second kappa shape index (κ2) is 10.4. The maximum absolute atomic E-state index is 12.7. The van der Waals surface area contributed by atoms with Crippen molar-refractivity contribution in [3.63, 3.8) is 0 Å². The number of benzene rings is 1. The van der Waals surface area contributed by atoms with Gasteiger partial charge in [0, 0.05) is 54.9 Å². The maximum Gasteiger partial charge on any atom is 0.214 e. The Morgan fingerprint density at radius 3 is 2.68 bits per heavy atom. The van der Waals surface area contributed by atoms with E-state index in [9.17, 15) is 4.79 Å². The van der Waals surface area contributed by atoms with Gasteiger partial charge in [-0.15, -0.1) is 0 Å². The summed E-state index contributed by atoms with van der Waals surface area (Å²) in [4.78, 5) is 26.7. The van der Waals surface area contributed by atoms with Crippen LogP contribution < -0.4 is 4.74 Å². The van der Waals surface area contributed by atoms with Crippen molar-refractivity contribution in [1.29, 1.82) is 0 Å². The molecule has 2 aliphatic rings. The van der Waals surface area contributed by atoms with Gasteiger partial charge in [0.05, 0.1) is 23.3 Å². The molecule has 5 aromatic rings. The van der Waals surface area contributed by atoms with Crippen molar-refractivity contribution in [2.75, 3.05) is 19.7 Å². The Hall–Kier alpha value is -3.56. The van der Waals surface area contributed by atoms with Crippen LogP contribution in [0, 0.1) is 5.92 Å². The molecule has 2 fully saturated rings. The SMILES string of the molecule is CC(C)(C)c1cc(CC(=O)Cc2ccc(-c3cn4c(n3)sc3nc(OCCN5C[C@H]6CC[C@@H]5C6)ccc34)cc2)no1. The zero-order valence-corrected chi connectivity index (χ0v) is 24.6. The number of ketones is 1. The Kier molecular flexibility index (Phi) is 6.66. The van der Waals surface area contributed by atoms with Gasteiger partial charge in [0.1, 0.15) is 23.0 Å². The number of thiazole rings is 1. The molecule has 5 heterocycles. The Morgan fingerprint density at radius 2 is 1.95 bits per heavy atom. The lowest BCUT2D eigenvalue weighted by molar-refractivity contribution is -0.117. The van der Waals surface area contributed by atoms with Gasteiger partial charge in [0.25, 0.3) is 0 Å². The van der Waals surface area contributed by atoms with Crippen LogP contribution in [0.5, 0.6) is 5.88 Å². The number of hydrogen-bond donors (Lipinski definition) is 0. The van der Waals surface area contributed by atoms with Crippen molar-refractivity contribution in [3.8, 4) is 17.1 Å². The van der Waals surface area contributed by atoms with Gasteiger partial charge in [-0.05, 0) is 36.8 Å². The average molecular weight is 570 g/mol. The molecule has 41 heavy (non-hydrogen) atoms. The smallest absolute Gasteiger partial charge is 0.214 e. The summed E-state index contributed by atoms with van der Waals surface area (Å²) in [6, 6.07) is 14.7. The number of ether oxygens (including phenoxy) is 1. The first-order valence-electron chi connectivity index (χ1n) is 14.5. The fourth-order valence-corrected chi connectivity index (χ4v) is 7.16. The third kappa shape index (κ3) is 5.40. The number of rotatable bonds is 9. The number of piperidine rings is 1. The highest BCUT2D eigenvalue weighted by atomic mass is 32.1. The first-order valence-corrected chi connectivity index (χ1v) is 15.3. The van der Waals surface area contributed by atoms with Crippen LogP contribution in [-0.2, 0) is 23.1 Å². The number of nitrogens with zero attached hydrogens (tertiary/aromatic N) is 5. The first-order chi connectivity index (χ1) is 19.8. The predicted molar refractivity (Wildman–Crippen MR) is 160 cm³/mol. The van der Waals surface area contributed by atoms with Crippen molar-refractivity contribution < 1.29 is 14.1 Å². The van der Waals surface area contributed by atoms with E-state index in [1.54, 1.807) is 11.3 Å². The van der Waals surface area contributed by atoms with Crippen LogP contribution in [0.3, 0.4) is 0 Å². The fraction of sp³-hybridized carbons (Fsp3) is 0.438. The maximum atomic E-state index is 12.7. The van der Waals surface area contributed by atoms with E-state index in [1.165, 1.54) is 25.8 Å². The molecule has 1 saturated carbocycles. The molecule has 1 saturated heterocycles. The van der Waals surface area contributed by atoms with Gasteiger partial charge in [-0.2, -0.15) is 0 Å². The highest BCUT2D eigenvalue weighted by Crippen LogP contribution is 2.37. The molecular weight excluding hydrogens is 534 g/mol. The molecule has 0 unspecified atom stereocenters. The molecular formula is C32H35N5O3S. The molecule has 0 amide bonds. The van der Waals surface area contributed by atoms with Gasteiger partial charge in [0.2, 0.25) is 5.88 Å². The van der Waals surface area contributed by atoms with Gasteiger partial charge in [-0.3, -0.25) is 14.1 Å². The van der Waals surface area contributed by atoms with Gasteiger partial charge < -0.3 is 9.26 Å². The van der Waals surface area contributed by atoms with Crippen LogP contribution >= 0.6 is 11.3 Å². The van der Waals surface area contributed by atoms with Gasteiger partial charge >= 0.3 is 0 Å². The number of carbonyl (C=O) groups excluding carboxylic acids is 1. The monoisotopic (exact) mass is 569 g/mol. The van der Waals surface area contributed by atoms with Crippen LogP contribution in [0.2, 0.25) is 0 Å². The second-order valence-corrected chi connectivity index (χ2v) is 13.5. The fourth-order valence-electron chi connectivity index (χ4n) is 6.19. The zero-order valence-electron chi connectivity index (χ0n) is 23.8. The number of hydrogen-bond acceptors (Lipinski definition) is 8. The number of aromatic nitrogens is 4. The van der Waals surface area contributed by atoms with Crippen LogP contribution in [0.25, 0.3) is 26.6 Å². The molecule has 9 heteroatoms. The quantitative estimate of drug-likeness (QED) is 0.212. The minimum Gasteiger partial charge on any atom is -0.476 e. The summed E-state index contributed by atoms with van der Waals surface area (Å²) in [5.41, 5.74) is 4.46. The number of imidazole rings is 1. The van der Waals surface area contributed by atoms with Crippen LogP contribution in [-0.4, -0.2) is 55.9 Å². The minimum absolute atomic E-state index is 0.111. The standard InChI is InChI=1S/C32H35N5O3S/c1-32(2,3)28-17-23(35-40-28)16-25(38)15-20-4-7-22(8-5-20)26-19-37-27-10-11-29(34-30(27)41-31(37)33-26)39-13-12-36-18-21-6-9-24(36)14-21/h4-5,7-8,10-11,17,19,21,24H,6,9,12-16,18H2,1-3H3/t21-,24+/m0/s1. The summed E-state index contributed by atoms with van der Waals surface area (Å²) in [6.07, 6.45) is 6.80. The van der Waals surface area contributed by atoms with Crippen molar-refractivity contribution in [1.82, 2.24) is 24.4 Å². The van der Waals surface area contributed by atoms with E-state index in [1.807, 2.05) is 36.4 Å². The number of likely N-dealkylation sites (tertiary alicyclic amines) is 1. The Morgan fingerprint density at radius 1 is 1.10 bits per heavy atom. The highest BCUT2D eigenvalue weighted by Gasteiger charge is 2.37. The van der Waals surface area contributed by atoms with E-state index in [-0.39, 0.29) is 17.6 Å². The molecule has 1 aromatic carbocycles. The van der Waals surface area contributed by atoms with Crippen molar-refractivity contribution in [3.05, 3.63) is 65.7 Å². The predicted octanol–water partition coefficient (Wildman–Crippen LogP) is 6.11. The summed E-state index contributed by atoms with van der Waals surface area (Å²) in [6.45, 7) is 9.07. The summed E-state index contributed by atoms with van der Waals surface area (Å²) >= 11 is 1.57. The molecule has 2 atom stereocenters. The van der Waals surface area contributed by atoms with Crippen LogP contribution in [0.1, 0.15) is 57.1 Å². The zero-order chi connectivity index (χ0) is 28.1. The third-order valence-corrected chi connectivity index (χ3v) is 9.38. The van der Waals surface area contributed by atoms with Crippen molar-refractivity contribution in [2.45, 2.75) is 64.3 Å². The van der Waals surface area contributed by atoms with E-state index >= 15 is 0 Å². The molecule has 0 radical (unpaired) electrons. The van der Waals surface area contributed by atoms with Gasteiger partial charge in [0.15, 0.2) is 4.96 Å². The van der Waals surface area contributed by atoms with E-state index in [0.717, 1.165) is 56.4 Å². The average Bonchev–Trinajstić information content (AvgIpc) is 3.75. The molecule has 1 aliphatic heterocycles. The summed E-state index contributed by atoms with van der Waals surface area (Å²) < 4.78 is 13.5. The summed E-state index contributed by atoms with van der Waals surface area (Å²) in [5, 5.41) is 4.08. The molecule has 2 bridgehead atoms. The molecule has 8 nitrogen and oxygen atoms in total.